The maximum absolute atomic E-state index is 12.9. The van der Waals surface area contributed by atoms with Gasteiger partial charge >= 0.3 is 17.9 Å². The second-order valence-electron chi connectivity index (χ2n) is 24.9. The van der Waals surface area contributed by atoms with Crippen molar-refractivity contribution in [2.24, 2.45) is 0 Å². The molecule has 0 aliphatic heterocycles. The molecule has 0 amide bonds. The van der Waals surface area contributed by atoms with E-state index >= 15 is 0 Å². The third kappa shape index (κ3) is 68.3. The summed E-state index contributed by atoms with van der Waals surface area (Å²) < 4.78 is 17.0. The minimum absolute atomic E-state index is 0.0721. The van der Waals surface area contributed by atoms with Crippen LogP contribution in [0.1, 0.15) is 406 Å². The molecule has 0 saturated carbocycles. The molecule has 0 aromatic carbocycles. The first-order valence-corrected chi connectivity index (χ1v) is 36.5. The van der Waals surface area contributed by atoms with Crippen LogP contribution in [0.15, 0.2) is 36.5 Å². The van der Waals surface area contributed by atoms with Crippen molar-refractivity contribution in [1.29, 1.82) is 0 Å². The first-order chi connectivity index (χ1) is 40.0. The molecule has 0 radical (unpaired) electrons. The number of rotatable bonds is 68. The summed E-state index contributed by atoms with van der Waals surface area (Å²) in [6.45, 7) is 6.65. The number of allylic oxidation sites excluding steroid dienone is 6. The highest BCUT2D eigenvalue weighted by atomic mass is 16.6. The SMILES string of the molecule is CCCCC/C=C\C/C=C\CCCCCCCCCCCC(=O)OC(COC(=O)CCCCCCC/C=C\CCCCC)COC(=O)CCCCCCCCCCCCCCCCCCCCCCCCCCCCCCCCCC. The van der Waals surface area contributed by atoms with Gasteiger partial charge in [0.2, 0.25) is 0 Å². The zero-order chi connectivity index (χ0) is 58.5. The molecule has 6 nitrogen and oxygen atoms in total. The van der Waals surface area contributed by atoms with E-state index in [2.05, 4.69) is 57.2 Å². The van der Waals surface area contributed by atoms with E-state index in [1.807, 2.05) is 0 Å². The Hall–Kier alpha value is -2.37. The van der Waals surface area contributed by atoms with Gasteiger partial charge in [0.05, 0.1) is 0 Å². The Morgan fingerprint density at radius 3 is 0.716 bits per heavy atom. The molecular weight excluding hydrogens is 997 g/mol. The minimum atomic E-state index is -0.777. The van der Waals surface area contributed by atoms with Gasteiger partial charge in [-0.1, -0.05) is 346 Å². The summed E-state index contributed by atoms with van der Waals surface area (Å²) in [6, 6.07) is 0. The van der Waals surface area contributed by atoms with Gasteiger partial charge in [0.1, 0.15) is 13.2 Å². The molecule has 0 saturated heterocycles. The molecule has 0 aliphatic rings. The molecule has 0 bridgehead atoms. The molecule has 6 heteroatoms. The fourth-order valence-electron chi connectivity index (χ4n) is 11.1. The average Bonchev–Trinajstić information content (AvgIpc) is 3.47. The molecular formula is C75H140O6. The lowest BCUT2D eigenvalue weighted by Crippen LogP contribution is -2.30. The first kappa shape index (κ1) is 78.6. The fraction of sp³-hybridized carbons (Fsp3) is 0.880. The van der Waals surface area contributed by atoms with E-state index in [-0.39, 0.29) is 31.1 Å². The molecule has 1 atom stereocenters. The molecule has 0 aromatic rings. The van der Waals surface area contributed by atoms with Crippen molar-refractivity contribution in [3.05, 3.63) is 36.5 Å². The van der Waals surface area contributed by atoms with Crippen LogP contribution in [0.3, 0.4) is 0 Å². The second-order valence-corrected chi connectivity index (χ2v) is 24.9. The van der Waals surface area contributed by atoms with Crippen LogP contribution in [0.2, 0.25) is 0 Å². The molecule has 0 aliphatic carbocycles. The first-order valence-electron chi connectivity index (χ1n) is 36.5. The minimum Gasteiger partial charge on any atom is -0.462 e. The average molecular weight is 1140 g/mol. The number of hydrogen-bond donors (Lipinski definition) is 0. The zero-order valence-electron chi connectivity index (χ0n) is 54.8. The third-order valence-electron chi connectivity index (χ3n) is 16.6. The van der Waals surface area contributed by atoms with E-state index in [1.165, 1.54) is 295 Å². The Bertz CT molecular complexity index is 1350. The third-order valence-corrected chi connectivity index (χ3v) is 16.6. The molecule has 0 fully saturated rings. The van der Waals surface area contributed by atoms with Crippen LogP contribution >= 0.6 is 0 Å². The molecule has 0 spiro atoms. The topological polar surface area (TPSA) is 78.9 Å². The quantitative estimate of drug-likeness (QED) is 0.0261. The number of unbranched alkanes of at least 4 members (excludes halogenated alkanes) is 51. The van der Waals surface area contributed by atoms with Crippen LogP contribution in [0.5, 0.6) is 0 Å². The normalized spacial score (nSPS) is 12.2. The van der Waals surface area contributed by atoms with E-state index in [4.69, 9.17) is 14.2 Å². The number of esters is 3. The van der Waals surface area contributed by atoms with Gasteiger partial charge in [0, 0.05) is 19.3 Å². The standard InChI is InChI=1S/C75H140O6/c1-4-7-10-13-16-19-22-25-27-29-31-32-33-34-35-36-37-38-39-40-41-42-43-45-46-48-50-53-56-59-62-65-68-74(77)80-71-72(70-79-73(76)67-64-61-58-55-52-24-21-18-15-12-9-6-3)81-75(78)69-66-63-60-57-54-51-49-47-44-30-28-26-23-20-17-14-11-8-5-2/h17-18,20-21,26,28,72H,4-16,19,22-25,27,29-71H2,1-3H3/b20-17-,21-18-,28-26-. The molecule has 0 heterocycles. The predicted molar refractivity (Wildman–Crippen MR) is 353 cm³/mol. The summed E-state index contributed by atoms with van der Waals surface area (Å²) in [5.41, 5.74) is 0. The van der Waals surface area contributed by atoms with Crippen LogP contribution in [0.25, 0.3) is 0 Å². The van der Waals surface area contributed by atoms with Gasteiger partial charge in [0.25, 0.3) is 0 Å². The number of ether oxygens (including phenoxy) is 3. The van der Waals surface area contributed by atoms with Crippen molar-refractivity contribution in [3.63, 3.8) is 0 Å². The van der Waals surface area contributed by atoms with Gasteiger partial charge in [-0.25, -0.2) is 0 Å². The fourth-order valence-corrected chi connectivity index (χ4v) is 11.1. The monoisotopic (exact) mass is 1140 g/mol. The van der Waals surface area contributed by atoms with Gasteiger partial charge in [-0.05, 0) is 77.0 Å². The molecule has 81 heavy (non-hydrogen) atoms. The lowest BCUT2D eigenvalue weighted by atomic mass is 10.0. The summed E-state index contributed by atoms with van der Waals surface area (Å²) >= 11 is 0. The summed E-state index contributed by atoms with van der Waals surface area (Å²) in [6.07, 6.45) is 87.7. The smallest absolute Gasteiger partial charge is 0.306 e. The highest BCUT2D eigenvalue weighted by Crippen LogP contribution is 2.19. The van der Waals surface area contributed by atoms with E-state index in [0.29, 0.717) is 19.3 Å². The molecule has 476 valence electrons. The number of carbonyl (C=O) groups excluding carboxylic acids is 3. The van der Waals surface area contributed by atoms with E-state index in [9.17, 15) is 14.4 Å². The van der Waals surface area contributed by atoms with Gasteiger partial charge in [0.15, 0.2) is 6.10 Å². The number of hydrogen-bond acceptors (Lipinski definition) is 6. The van der Waals surface area contributed by atoms with Gasteiger partial charge < -0.3 is 14.2 Å². The molecule has 0 rings (SSSR count). The van der Waals surface area contributed by atoms with E-state index in [1.54, 1.807) is 0 Å². The highest BCUT2D eigenvalue weighted by Gasteiger charge is 2.19. The van der Waals surface area contributed by atoms with Crippen LogP contribution in [-0.4, -0.2) is 37.2 Å². The van der Waals surface area contributed by atoms with Crippen LogP contribution in [0, 0.1) is 0 Å². The Morgan fingerprint density at radius 1 is 0.247 bits per heavy atom. The van der Waals surface area contributed by atoms with Crippen molar-refractivity contribution in [1.82, 2.24) is 0 Å². The van der Waals surface area contributed by atoms with Gasteiger partial charge in [-0.15, -0.1) is 0 Å². The maximum Gasteiger partial charge on any atom is 0.306 e. The second kappa shape index (κ2) is 70.1. The Kier molecular flexibility index (Phi) is 68.1. The summed E-state index contributed by atoms with van der Waals surface area (Å²) in [5.74, 6) is -0.860. The summed E-state index contributed by atoms with van der Waals surface area (Å²) in [4.78, 5) is 38.4. The number of carbonyl (C=O) groups is 3. The Balaban J connectivity index is 4.11. The van der Waals surface area contributed by atoms with Crippen molar-refractivity contribution in [3.8, 4) is 0 Å². The summed E-state index contributed by atoms with van der Waals surface area (Å²) in [7, 11) is 0. The zero-order valence-corrected chi connectivity index (χ0v) is 54.8. The Labute approximate surface area is 506 Å². The lowest BCUT2D eigenvalue weighted by molar-refractivity contribution is -0.167. The van der Waals surface area contributed by atoms with Crippen LogP contribution < -0.4 is 0 Å². The van der Waals surface area contributed by atoms with Crippen molar-refractivity contribution < 1.29 is 28.6 Å². The van der Waals surface area contributed by atoms with E-state index in [0.717, 1.165) is 70.6 Å². The molecule has 0 N–H and O–H groups in total. The maximum atomic E-state index is 12.9. The van der Waals surface area contributed by atoms with Gasteiger partial charge in [-0.3, -0.25) is 14.4 Å². The van der Waals surface area contributed by atoms with Crippen LogP contribution in [-0.2, 0) is 28.6 Å². The predicted octanol–water partition coefficient (Wildman–Crippen LogP) is 25.1. The van der Waals surface area contributed by atoms with Crippen molar-refractivity contribution in [2.75, 3.05) is 13.2 Å². The largest absolute Gasteiger partial charge is 0.462 e. The van der Waals surface area contributed by atoms with E-state index < -0.39 is 6.10 Å². The van der Waals surface area contributed by atoms with Crippen molar-refractivity contribution in [2.45, 2.75) is 412 Å². The highest BCUT2D eigenvalue weighted by molar-refractivity contribution is 5.71. The lowest BCUT2D eigenvalue weighted by Gasteiger charge is -2.18. The van der Waals surface area contributed by atoms with Gasteiger partial charge in [-0.2, -0.15) is 0 Å². The molecule has 1 unspecified atom stereocenters. The molecule has 0 aromatic heterocycles. The Morgan fingerprint density at radius 2 is 0.444 bits per heavy atom. The summed E-state index contributed by atoms with van der Waals surface area (Å²) in [5, 5.41) is 0. The van der Waals surface area contributed by atoms with Crippen LogP contribution in [0.4, 0.5) is 0 Å². The van der Waals surface area contributed by atoms with Crippen molar-refractivity contribution >= 4 is 17.9 Å².